The largest absolute Gasteiger partial charge is 0.396 e. The maximum atomic E-state index is 12.4. The molecule has 1 aromatic rings. The zero-order valence-corrected chi connectivity index (χ0v) is 12.6. The summed E-state index contributed by atoms with van der Waals surface area (Å²) in [4.78, 5) is 14.2. The van der Waals surface area contributed by atoms with E-state index in [1.807, 2.05) is 23.8 Å². The molecule has 1 heterocycles. The Bertz CT molecular complexity index is 390. The predicted octanol–water partition coefficient (Wildman–Crippen LogP) is 2.51. The van der Waals surface area contributed by atoms with Crippen LogP contribution in [0.1, 0.15) is 37.2 Å². The maximum Gasteiger partial charge on any atom is 0.270 e. The van der Waals surface area contributed by atoms with Gasteiger partial charge < -0.3 is 14.6 Å². The lowest BCUT2D eigenvalue weighted by Gasteiger charge is -2.21. The standard InChI is InChI=1S/C13H21BrN2O2/c1-3-6-16-10-11(14)9-12(16)13(18)15(4-2)7-5-8-17/h9-10,17H,3-8H2,1-2H3. The molecule has 1 rings (SSSR count). The molecule has 0 aliphatic rings. The van der Waals surface area contributed by atoms with Gasteiger partial charge in [0.25, 0.3) is 5.91 Å². The monoisotopic (exact) mass is 316 g/mol. The van der Waals surface area contributed by atoms with Crippen molar-refractivity contribution in [2.24, 2.45) is 0 Å². The summed E-state index contributed by atoms with van der Waals surface area (Å²) in [5, 5.41) is 8.86. The Morgan fingerprint density at radius 2 is 2.22 bits per heavy atom. The number of aromatic nitrogens is 1. The normalized spacial score (nSPS) is 10.7. The van der Waals surface area contributed by atoms with E-state index in [-0.39, 0.29) is 12.5 Å². The number of aliphatic hydroxyl groups is 1. The van der Waals surface area contributed by atoms with Crippen molar-refractivity contribution in [3.05, 3.63) is 22.4 Å². The molecule has 18 heavy (non-hydrogen) atoms. The topological polar surface area (TPSA) is 45.5 Å². The fourth-order valence-electron chi connectivity index (χ4n) is 1.91. The second-order valence-electron chi connectivity index (χ2n) is 4.20. The van der Waals surface area contributed by atoms with Crippen LogP contribution in [0.3, 0.4) is 0 Å². The molecule has 1 aromatic heterocycles. The van der Waals surface area contributed by atoms with Crippen molar-refractivity contribution >= 4 is 21.8 Å². The summed E-state index contributed by atoms with van der Waals surface area (Å²) in [5.74, 6) is 0.0325. The van der Waals surface area contributed by atoms with E-state index >= 15 is 0 Å². The number of aryl methyl sites for hydroxylation is 1. The summed E-state index contributed by atoms with van der Waals surface area (Å²) < 4.78 is 2.91. The summed E-state index contributed by atoms with van der Waals surface area (Å²) in [6, 6.07) is 1.86. The van der Waals surface area contributed by atoms with Gasteiger partial charge in [-0.3, -0.25) is 4.79 Å². The molecule has 102 valence electrons. The predicted molar refractivity (Wildman–Crippen MR) is 75.7 cm³/mol. The van der Waals surface area contributed by atoms with E-state index < -0.39 is 0 Å². The second kappa shape index (κ2) is 7.59. The van der Waals surface area contributed by atoms with Crippen LogP contribution in [0.15, 0.2) is 16.7 Å². The molecule has 5 heteroatoms. The van der Waals surface area contributed by atoms with Crippen molar-refractivity contribution in [1.82, 2.24) is 9.47 Å². The van der Waals surface area contributed by atoms with E-state index in [1.165, 1.54) is 0 Å². The molecule has 0 spiro atoms. The molecule has 0 aliphatic heterocycles. The third-order valence-electron chi connectivity index (χ3n) is 2.80. The van der Waals surface area contributed by atoms with Gasteiger partial charge >= 0.3 is 0 Å². The molecule has 0 bridgehead atoms. The first-order valence-corrected chi connectivity index (χ1v) is 7.19. The number of rotatable bonds is 7. The molecule has 0 aromatic carbocycles. The van der Waals surface area contributed by atoms with Crippen molar-refractivity contribution in [3.63, 3.8) is 0 Å². The number of carbonyl (C=O) groups excluding carboxylic acids is 1. The highest BCUT2D eigenvalue weighted by atomic mass is 79.9. The second-order valence-corrected chi connectivity index (χ2v) is 5.11. The van der Waals surface area contributed by atoms with Crippen LogP contribution in [-0.4, -0.2) is 40.2 Å². The van der Waals surface area contributed by atoms with Gasteiger partial charge in [-0.1, -0.05) is 6.92 Å². The number of carbonyl (C=O) groups is 1. The Hall–Kier alpha value is -0.810. The molecule has 0 aliphatic carbocycles. The fraction of sp³-hybridized carbons (Fsp3) is 0.615. The van der Waals surface area contributed by atoms with E-state index in [0.29, 0.717) is 25.2 Å². The molecule has 0 radical (unpaired) electrons. The molecular weight excluding hydrogens is 296 g/mol. The molecule has 0 fully saturated rings. The number of amides is 1. The van der Waals surface area contributed by atoms with Gasteiger partial charge in [0.15, 0.2) is 0 Å². The Labute approximate surface area is 117 Å². The molecule has 0 unspecified atom stereocenters. The van der Waals surface area contributed by atoms with Crippen LogP contribution in [0.2, 0.25) is 0 Å². The molecule has 0 saturated carbocycles. The van der Waals surface area contributed by atoms with Crippen molar-refractivity contribution < 1.29 is 9.90 Å². The molecule has 1 amide bonds. The minimum Gasteiger partial charge on any atom is -0.396 e. The zero-order valence-electron chi connectivity index (χ0n) is 11.0. The first kappa shape index (κ1) is 15.2. The van der Waals surface area contributed by atoms with Crippen LogP contribution in [0.4, 0.5) is 0 Å². The van der Waals surface area contributed by atoms with Crippen LogP contribution in [0, 0.1) is 0 Å². The summed E-state index contributed by atoms with van der Waals surface area (Å²) in [5.41, 5.74) is 0.712. The smallest absolute Gasteiger partial charge is 0.270 e. The van der Waals surface area contributed by atoms with Gasteiger partial charge in [-0.2, -0.15) is 0 Å². The zero-order chi connectivity index (χ0) is 13.5. The van der Waals surface area contributed by atoms with Crippen LogP contribution in [0.5, 0.6) is 0 Å². The Morgan fingerprint density at radius 1 is 1.50 bits per heavy atom. The summed E-state index contributed by atoms with van der Waals surface area (Å²) in [6.45, 7) is 6.26. The number of hydrogen-bond acceptors (Lipinski definition) is 2. The van der Waals surface area contributed by atoms with Crippen molar-refractivity contribution in [2.45, 2.75) is 33.2 Å². The lowest BCUT2D eigenvalue weighted by Crippen LogP contribution is -2.33. The Morgan fingerprint density at radius 3 is 2.78 bits per heavy atom. The van der Waals surface area contributed by atoms with Crippen molar-refractivity contribution in [1.29, 1.82) is 0 Å². The summed E-state index contributed by atoms with van der Waals surface area (Å²) in [6.07, 6.45) is 3.55. The average molecular weight is 317 g/mol. The lowest BCUT2D eigenvalue weighted by atomic mass is 10.3. The van der Waals surface area contributed by atoms with Gasteiger partial charge in [-0.25, -0.2) is 0 Å². The minimum atomic E-state index is 0.0325. The lowest BCUT2D eigenvalue weighted by molar-refractivity contribution is 0.0743. The van der Waals surface area contributed by atoms with Crippen LogP contribution in [0.25, 0.3) is 0 Å². The average Bonchev–Trinajstić information content (AvgIpc) is 2.71. The van der Waals surface area contributed by atoms with Crippen LogP contribution < -0.4 is 0 Å². The van der Waals surface area contributed by atoms with Gasteiger partial charge in [0.2, 0.25) is 0 Å². The first-order valence-electron chi connectivity index (χ1n) is 6.39. The van der Waals surface area contributed by atoms with Crippen molar-refractivity contribution in [3.8, 4) is 0 Å². The molecule has 4 nitrogen and oxygen atoms in total. The molecular formula is C13H21BrN2O2. The molecule has 0 atom stereocenters. The minimum absolute atomic E-state index is 0.0325. The highest BCUT2D eigenvalue weighted by molar-refractivity contribution is 9.10. The van der Waals surface area contributed by atoms with Crippen LogP contribution >= 0.6 is 15.9 Å². The van der Waals surface area contributed by atoms with E-state index in [9.17, 15) is 4.79 Å². The SMILES string of the molecule is CCCn1cc(Br)cc1C(=O)N(CC)CCCO. The molecule has 1 N–H and O–H groups in total. The van der Waals surface area contributed by atoms with E-state index in [4.69, 9.17) is 5.11 Å². The number of aliphatic hydroxyl groups excluding tert-OH is 1. The van der Waals surface area contributed by atoms with Crippen LogP contribution in [-0.2, 0) is 6.54 Å². The third kappa shape index (κ3) is 3.85. The van der Waals surface area contributed by atoms with E-state index in [1.54, 1.807) is 4.90 Å². The maximum absolute atomic E-state index is 12.4. The number of halogens is 1. The highest BCUT2D eigenvalue weighted by Gasteiger charge is 2.18. The molecule has 0 saturated heterocycles. The van der Waals surface area contributed by atoms with Gasteiger partial charge in [0, 0.05) is 36.9 Å². The van der Waals surface area contributed by atoms with Gasteiger partial charge in [0.05, 0.1) is 0 Å². The summed E-state index contributed by atoms with van der Waals surface area (Å²) >= 11 is 3.41. The third-order valence-corrected chi connectivity index (χ3v) is 3.24. The summed E-state index contributed by atoms with van der Waals surface area (Å²) in [7, 11) is 0. The van der Waals surface area contributed by atoms with Gasteiger partial charge in [0.1, 0.15) is 5.69 Å². The van der Waals surface area contributed by atoms with E-state index in [0.717, 1.165) is 17.4 Å². The quantitative estimate of drug-likeness (QED) is 0.840. The highest BCUT2D eigenvalue weighted by Crippen LogP contribution is 2.17. The van der Waals surface area contributed by atoms with Gasteiger partial charge in [-0.05, 0) is 41.8 Å². The van der Waals surface area contributed by atoms with Crippen molar-refractivity contribution in [2.75, 3.05) is 19.7 Å². The fourth-order valence-corrected chi connectivity index (χ4v) is 2.37. The Kier molecular flexibility index (Phi) is 6.43. The first-order chi connectivity index (χ1) is 8.63. The van der Waals surface area contributed by atoms with E-state index in [2.05, 4.69) is 22.9 Å². The number of hydrogen-bond donors (Lipinski definition) is 1. The Balaban J connectivity index is 2.86. The number of nitrogens with zero attached hydrogens (tertiary/aromatic N) is 2. The van der Waals surface area contributed by atoms with Gasteiger partial charge in [-0.15, -0.1) is 0 Å².